The van der Waals surface area contributed by atoms with Gasteiger partial charge in [-0.1, -0.05) is 30.3 Å². The van der Waals surface area contributed by atoms with E-state index in [-0.39, 0.29) is 5.82 Å². The highest BCUT2D eigenvalue weighted by Crippen LogP contribution is 2.28. The maximum Gasteiger partial charge on any atom is 0.142 e. The van der Waals surface area contributed by atoms with E-state index in [1.54, 1.807) is 11.8 Å². The summed E-state index contributed by atoms with van der Waals surface area (Å²) in [5, 5.41) is 0.810. The molecule has 0 N–H and O–H groups in total. The zero-order valence-corrected chi connectivity index (χ0v) is 10.8. The first-order valence-electron chi connectivity index (χ1n) is 4.73. The predicted molar refractivity (Wildman–Crippen MR) is 67.9 cm³/mol. The Morgan fingerprint density at radius 2 is 2.00 bits per heavy atom. The van der Waals surface area contributed by atoms with Crippen molar-refractivity contribution in [2.75, 3.05) is 0 Å². The van der Waals surface area contributed by atoms with Gasteiger partial charge in [-0.25, -0.2) is 9.37 Å². The minimum atomic E-state index is -0.323. The lowest BCUT2D eigenvalue weighted by atomic mass is 10.2. The summed E-state index contributed by atoms with van der Waals surface area (Å²) >= 11 is 4.88. The molecule has 0 unspecified atom stereocenters. The van der Waals surface area contributed by atoms with Crippen molar-refractivity contribution >= 4 is 27.7 Å². The molecule has 82 valence electrons. The number of thioether (sulfide) groups is 1. The van der Waals surface area contributed by atoms with E-state index in [4.69, 9.17) is 0 Å². The molecule has 0 spiro atoms. The van der Waals surface area contributed by atoms with Gasteiger partial charge in [0.15, 0.2) is 0 Å². The molecule has 0 fully saturated rings. The van der Waals surface area contributed by atoms with Crippen LogP contribution in [0.4, 0.5) is 4.39 Å². The van der Waals surface area contributed by atoms with Crippen molar-refractivity contribution in [2.24, 2.45) is 0 Å². The number of hydrogen-bond acceptors (Lipinski definition) is 2. The molecular formula is C12H9BrFNS. The molecular weight excluding hydrogens is 289 g/mol. The van der Waals surface area contributed by atoms with Crippen LogP contribution in [0.1, 0.15) is 5.56 Å². The van der Waals surface area contributed by atoms with Gasteiger partial charge in [0.05, 0.1) is 10.7 Å². The van der Waals surface area contributed by atoms with Crippen LogP contribution in [0.15, 0.2) is 52.1 Å². The van der Waals surface area contributed by atoms with Gasteiger partial charge in [0.25, 0.3) is 0 Å². The summed E-state index contributed by atoms with van der Waals surface area (Å²) in [6, 6.07) is 11.5. The molecule has 0 radical (unpaired) electrons. The van der Waals surface area contributed by atoms with Crippen LogP contribution in [0, 0.1) is 5.82 Å². The average Bonchev–Trinajstić information content (AvgIpc) is 2.29. The van der Waals surface area contributed by atoms with Gasteiger partial charge in [-0.3, -0.25) is 0 Å². The van der Waals surface area contributed by atoms with E-state index < -0.39 is 0 Å². The molecule has 2 rings (SSSR count). The quantitative estimate of drug-likeness (QED) is 0.785. The van der Waals surface area contributed by atoms with E-state index in [1.165, 1.54) is 17.8 Å². The lowest BCUT2D eigenvalue weighted by molar-refractivity contribution is 0.616. The van der Waals surface area contributed by atoms with Crippen LogP contribution in [0.3, 0.4) is 0 Å². The predicted octanol–water partition coefficient (Wildman–Crippen LogP) is 4.28. The largest absolute Gasteiger partial charge is 0.246 e. The molecule has 0 aliphatic carbocycles. The van der Waals surface area contributed by atoms with Gasteiger partial charge >= 0.3 is 0 Å². The minimum absolute atomic E-state index is 0.323. The van der Waals surface area contributed by atoms with Gasteiger partial charge in [0, 0.05) is 5.75 Å². The van der Waals surface area contributed by atoms with Gasteiger partial charge < -0.3 is 0 Å². The zero-order valence-electron chi connectivity index (χ0n) is 8.36. The topological polar surface area (TPSA) is 12.9 Å². The van der Waals surface area contributed by atoms with Crippen molar-refractivity contribution < 1.29 is 4.39 Å². The second kappa shape index (κ2) is 5.46. The first-order valence-corrected chi connectivity index (χ1v) is 6.51. The fraction of sp³-hybridized carbons (Fsp3) is 0.0833. The Hall–Kier alpha value is -0.870. The fourth-order valence-corrected chi connectivity index (χ4v) is 2.72. The normalized spacial score (nSPS) is 10.4. The molecule has 0 bridgehead atoms. The van der Waals surface area contributed by atoms with Crippen molar-refractivity contribution in [2.45, 2.75) is 10.8 Å². The Kier molecular flexibility index (Phi) is 3.96. The molecule has 0 aliphatic heterocycles. The van der Waals surface area contributed by atoms with Gasteiger partial charge in [-0.05, 0) is 27.6 Å². The Balaban J connectivity index is 2.05. The summed E-state index contributed by atoms with van der Waals surface area (Å²) in [6.45, 7) is 0. The van der Waals surface area contributed by atoms with Crippen molar-refractivity contribution in [1.29, 1.82) is 0 Å². The zero-order chi connectivity index (χ0) is 11.4. The molecule has 1 aromatic heterocycles. The van der Waals surface area contributed by atoms with Crippen LogP contribution in [0.25, 0.3) is 0 Å². The number of aromatic nitrogens is 1. The summed E-state index contributed by atoms with van der Waals surface area (Å²) in [7, 11) is 0. The summed E-state index contributed by atoms with van der Waals surface area (Å²) in [6.07, 6.45) is 1.23. The van der Waals surface area contributed by atoms with Crippen LogP contribution in [-0.2, 0) is 5.75 Å². The molecule has 4 heteroatoms. The van der Waals surface area contributed by atoms with Crippen molar-refractivity contribution in [3.63, 3.8) is 0 Å². The number of rotatable bonds is 3. The van der Waals surface area contributed by atoms with Crippen LogP contribution in [0.5, 0.6) is 0 Å². The van der Waals surface area contributed by atoms with Crippen LogP contribution in [-0.4, -0.2) is 4.98 Å². The Bertz CT molecular complexity index is 476. The average molecular weight is 298 g/mol. The first kappa shape index (κ1) is 11.6. The third-order valence-electron chi connectivity index (χ3n) is 1.99. The van der Waals surface area contributed by atoms with E-state index in [0.29, 0.717) is 4.47 Å². The third-order valence-corrected chi connectivity index (χ3v) is 3.94. The lowest BCUT2D eigenvalue weighted by Gasteiger charge is -2.03. The van der Waals surface area contributed by atoms with Gasteiger partial charge in [-0.15, -0.1) is 11.8 Å². The lowest BCUT2D eigenvalue weighted by Crippen LogP contribution is -1.86. The highest BCUT2D eigenvalue weighted by Gasteiger charge is 2.04. The second-order valence-corrected chi connectivity index (χ2v) is 5.03. The molecule has 0 atom stereocenters. The fourth-order valence-electron chi connectivity index (χ4n) is 1.23. The van der Waals surface area contributed by atoms with Crippen LogP contribution < -0.4 is 0 Å². The van der Waals surface area contributed by atoms with E-state index in [9.17, 15) is 4.39 Å². The molecule has 0 saturated carbocycles. The minimum Gasteiger partial charge on any atom is -0.246 e. The number of pyridine rings is 1. The molecule has 16 heavy (non-hydrogen) atoms. The van der Waals surface area contributed by atoms with Gasteiger partial charge in [0.2, 0.25) is 0 Å². The summed E-state index contributed by atoms with van der Waals surface area (Å²) in [5.41, 5.74) is 1.23. The molecule has 0 aliphatic rings. The van der Waals surface area contributed by atoms with Crippen molar-refractivity contribution in [1.82, 2.24) is 4.98 Å². The standard InChI is InChI=1S/C12H9BrFNS/c13-11-6-10(14)7-15-12(11)16-8-9-4-2-1-3-5-9/h1-7H,8H2. The maximum absolute atomic E-state index is 12.8. The maximum atomic E-state index is 12.8. The van der Waals surface area contributed by atoms with Gasteiger partial charge in [0.1, 0.15) is 10.8 Å². The molecule has 1 heterocycles. The summed E-state index contributed by atoms with van der Waals surface area (Å²) in [5.74, 6) is 0.508. The molecule has 2 aromatic rings. The number of halogens is 2. The first-order chi connectivity index (χ1) is 7.75. The molecule has 1 aromatic carbocycles. The Labute approximate surface area is 106 Å². The Morgan fingerprint density at radius 3 is 2.69 bits per heavy atom. The van der Waals surface area contributed by atoms with Crippen molar-refractivity contribution in [3.8, 4) is 0 Å². The van der Waals surface area contributed by atoms with Gasteiger partial charge in [-0.2, -0.15) is 0 Å². The van der Waals surface area contributed by atoms with Crippen LogP contribution >= 0.6 is 27.7 Å². The van der Waals surface area contributed by atoms with E-state index in [0.717, 1.165) is 10.8 Å². The number of nitrogens with zero attached hydrogens (tertiary/aromatic N) is 1. The SMILES string of the molecule is Fc1cnc(SCc2ccccc2)c(Br)c1. The van der Waals surface area contributed by atoms with E-state index in [2.05, 4.69) is 33.0 Å². The van der Waals surface area contributed by atoms with E-state index >= 15 is 0 Å². The highest BCUT2D eigenvalue weighted by atomic mass is 79.9. The highest BCUT2D eigenvalue weighted by molar-refractivity contribution is 9.10. The number of hydrogen-bond donors (Lipinski definition) is 0. The summed E-state index contributed by atoms with van der Waals surface area (Å²) in [4.78, 5) is 4.03. The van der Waals surface area contributed by atoms with Crippen molar-refractivity contribution in [3.05, 3.63) is 58.4 Å². The Morgan fingerprint density at radius 1 is 1.25 bits per heavy atom. The third kappa shape index (κ3) is 3.06. The molecule has 1 nitrogen and oxygen atoms in total. The summed E-state index contributed by atoms with van der Waals surface area (Å²) < 4.78 is 13.5. The molecule has 0 amide bonds. The van der Waals surface area contributed by atoms with Crippen LogP contribution in [0.2, 0.25) is 0 Å². The smallest absolute Gasteiger partial charge is 0.142 e. The second-order valence-electron chi connectivity index (χ2n) is 3.21. The monoisotopic (exact) mass is 297 g/mol. The van der Waals surface area contributed by atoms with E-state index in [1.807, 2.05) is 18.2 Å². The molecule has 0 saturated heterocycles. The number of benzene rings is 1.